The van der Waals surface area contributed by atoms with Gasteiger partial charge in [-0.1, -0.05) is 11.1 Å². The zero-order chi connectivity index (χ0) is 8.67. The second kappa shape index (κ2) is 4.24. The number of hydrogen-bond acceptors (Lipinski definition) is 0. The first-order valence-electron chi connectivity index (χ1n) is 5.74. The zero-order valence-corrected chi connectivity index (χ0v) is 9.79. The molecular formula is C13H17Mn. The van der Waals surface area contributed by atoms with Gasteiger partial charge in [-0.05, 0) is 62.5 Å². The fraction of sp³-hybridized carbons (Fsp3) is 0.615. The molecule has 0 aromatic carbocycles. The third-order valence-electron chi connectivity index (χ3n) is 3.73. The van der Waals surface area contributed by atoms with Gasteiger partial charge in [0.15, 0.2) is 0 Å². The summed E-state index contributed by atoms with van der Waals surface area (Å²) >= 11 is 0. The van der Waals surface area contributed by atoms with E-state index in [1.807, 2.05) is 0 Å². The molecule has 0 spiro atoms. The summed E-state index contributed by atoms with van der Waals surface area (Å²) in [4.78, 5) is 0. The van der Waals surface area contributed by atoms with E-state index >= 15 is 0 Å². The molecule has 0 aromatic heterocycles. The van der Waals surface area contributed by atoms with Gasteiger partial charge in [0.05, 0.1) is 0 Å². The zero-order valence-electron chi connectivity index (χ0n) is 8.61. The summed E-state index contributed by atoms with van der Waals surface area (Å²) in [5.74, 6) is 0. The first-order valence-corrected chi connectivity index (χ1v) is 5.74. The van der Waals surface area contributed by atoms with Crippen molar-refractivity contribution in [1.29, 1.82) is 0 Å². The molecule has 0 saturated carbocycles. The minimum Gasteiger partial charge on any atom is -0.0586 e. The molecule has 0 amide bonds. The van der Waals surface area contributed by atoms with Crippen LogP contribution in [0.5, 0.6) is 0 Å². The van der Waals surface area contributed by atoms with Gasteiger partial charge in [0.2, 0.25) is 0 Å². The number of allylic oxidation sites excluding steroid dienone is 4. The largest absolute Gasteiger partial charge is 0.0586 e. The van der Waals surface area contributed by atoms with Gasteiger partial charge in [-0.25, -0.2) is 0 Å². The Balaban J connectivity index is 0.000000750. The van der Waals surface area contributed by atoms with Crippen LogP contribution in [0.1, 0.15) is 51.4 Å². The van der Waals surface area contributed by atoms with E-state index < -0.39 is 0 Å². The molecule has 76 valence electrons. The van der Waals surface area contributed by atoms with Crippen molar-refractivity contribution in [2.24, 2.45) is 0 Å². The fourth-order valence-corrected chi connectivity index (χ4v) is 3.08. The summed E-state index contributed by atoms with van der Waals surface area (Å²) in [5, 5.41) is 0. The van der Waals surface area contributed by atoms with Gasteiger partial charge < -0.3 is 0 Å². The minimum atomic E-state index is 0. The van der Waals surface area contributed by atoms with Gasteiger partial charge in [-0.2, -0.15) is 0 Å². The molecule has 0 unspecified atom stereocenters. The van der Waals surface area contributed by atoms with Crippen LogP contribution in [0.25, 0.3) is 0 Å². The van der Waals surface area contributed by atoms with Crippen molar-refractivity contribution in [2.45, 2.75) is 51.4 Å². The van der Waals surface area contributed by atoms with Crippen LogP contribution in [0, 0.1) is 6.42 Å². The van der Waals surface area contributed by atoms with E-state index in [-0.39, 0.29) is 17.1 Å². The predicted molar refractivity (Wildman–Crippen MR) is 55.3 cm³/mol. The van der Waals surface area contributed by atoms with Crippen LogP contribution in [0.3, 0.4) is 0 Å². The van der Waals surface area contributed by atoms with Crippen molar-refractivity contribution in [3.05, 3.63) is 28.7 Å². The minimum absolute atomic E-state index is 0. The third kappa shape index (κ3) is 1.61. The van der Waals surface area contributed by atoms with Crippen LogP contribution in [0.4, 0.5) is 0 Å². The summed E-state index contributed by atoms with van der Waals surface area (Å²) in [6.45, 7) is 0. The molecule has 2 radical (unpaired) electrons. The normalized spacial score (nSPS) is 25.7. The van der Waals surface area contributed by atoms with Gasteiger partial charge in [-0.3, -0.25) is 0 Å². The second-order valence-corrected chi connectivity index (χ2v) is 4.57. The van der Waals surface area contributed by atoms with Gasteiger partial charge in [-0.15, -0.1) is 0 Å². The van der Waals surface area contributed by atoms with E-state index in [0.717, 1.165) is 0 Å². The Morgan fingerprint density at radius 2 is 1.07 bits per heavy atom. The van der Waals surface area contributed by atoms with E-state index in [4.69, 9.17) is 0 Å². The quantitative estimate of drug-likeness (QED) is 0.551. The molecule has 3 aliphatic rings. The Morgan fingerprint density at radius 3 is 1.57 bits per heavy atom. The maximum Gasteiger partial charge on any atom is 0.0122 e. The molecule has 0 fully saturated rings. The Hall–Kier alpha value is -0.000519. The first kappa shape index (κ1) is 10.5. The molecule has 0 atom stereocenters. The van der Waals surface area contributed by atoms with Crippen molar-refractivity contribution in [1.82, 2.24) is 0 Å². The molecule has 0 heterocycles. The van der Waals surface area contributed by atoms with Crippen molar-refractivity contribution < 1.29 is 17.1 Å². The van der Waals surface area contributed by atoms with Gasteiger partial charge in [0.1, 0.15) is 0 Å². The summed E-state index contributed by atoms with van der Waals surface area (Å²) in [5.41, 5.74) is 6.94. The summed E-state index contributed by atoms with van der Waals surface area (Å²) < 4.78 is 0. The Kier molecular flexibility index (Phi) is 3.19. The molecule has 0 bridgehead atoms. The molecule has 0 aliphatic heterocycles. The van der Waals surface area contributed by atoms with Gasteiger partial charge in [0.25, 0.3) is 0 Å². The van der Waals surface area contributed by atoms with Crippen molar-refractivity contribution in [2.75, 3.05) is 0 Å². The van der Waals surface area contributed by atoms with E-state index in [9.17, 15) is 0 Å². The molecule has 0 aromatic rings. The first-order chi connectivity index (χ1) is 6.45. The van der Waals surface area contributed by atoms with Gasteiger partial charge >= 0.3 is 0 Å². The molecule has 0 N–H and O–H groups in total. The summed E-state index contributed by atoms with van der Waals surface area (Å²) in [6, 6.07) is 0. The number of hydrogen-bond donors (Lipinski definition) is 0. The van der Waals surface area contributed by atoms with Crippen molar-refractivity contribution in [3.8, 4) is 0 Å². The van der Waals surface area contributed by atoms with Crippen LogP contribution in [-0.4, -0.2) is 0 Å². The van der Waals surface area contributed by atoms with Crippen molar-refractivity contribution in [3.63, 3.8) is 0 Å². The van der Waals surface area contributed by atoms with E-state index in [1.165, 1.54) is 51.4 Å². The number of fused-ring (bicyclic) bond motifs is 1. The predicted octanol–water partition coefficient (Wildman–Crippen LogP) is 3.94. The summed E-state index contributed by atoms with van der Waals surface area (Å²) in [7, 11) is 0. The van der Waals surface area contributed by atoms with E-state index in [0.29, 0.717) is 0 Å². The maximum absolute atomic E-state index is 2.52. The van der Waals surface area contributed by atoms with Crippen LogP contribution < -0.4 is 0 Å². The molecule has 3 rings (SSSR count). The van der Waals surface area contributed by atoms with Gasteiger partial charge in [0, 0.05) is 23.5 Å². The number of rotatable bonds is 0. The molecule has 14 heavy (non-hydrogen) atoms. The molecule has 1 heteroatoms. The van der Waals surface area contributed by atoms with Crippen molar-refractivity contribution >= 4 is 0 Å². The fourth-order valence-electron chi connectivity index (χ4n) is 3.08. The van der Waals surface area contributed by atoms with E-state index in [2.05, 4.69) is 6.42 Å². The maximum atomic E-state index is 2.52. The average Bonchev–Trinajstić information content (AvgIpc) is 2.56. The Morgan fingerprint density at radius 1 is 0.643 bits per heavy atom. The standard InChI is InChI=1S/C13H17.Mn/c1-3-7-12-10(5-1)9-11-6-2-4-8-13(11)12;/h9H,1-8H2;. The molecule has 0 saturated heterocycles. The van der Waals surface area contributed by atoms with Crippen LogP contribution in [-0.2, 0) is 17.1 Å². The summed E-state index contributed by atoms with van der Waals surface area (Å²) in [6.07, 6.45) is 13.7. The molecule has 0 nitrogen and oxygen atoms in total. The average molecular weight is 228 g/mol. The second-order valence-electron chi connectivity index (χ2n) is 4.57. The third-order valence-corrected chi connectivity index (χ3v) is 3.73. The van der Waals surface area contributed by atoms with E-state index in [1.54, 1.807) is 22.3 Å². The Bertz CT molecular complexity index is 266. The Labute approximate surface area is 97.3 Å². The molecule has 3 aliphatic carbocycles. The van der Waals surface area contributed by atoms with Crippen LogP contribution in [0.15, 0.2) is 22.3 Å². The topological polar surface area (TPSA) is 0 Å². The van der Waals surface area contributed by atoms with Crippen LogP contribution in [0.2, 0.25) is 0 Å². The monoisotopic (exact) mass is 228 g/mol. The smallest absolute Gasteiger partial charge is 0.0122 e. The van der Waals surface area contributed by atoms with Crippen LogP contribution >= 0.6 is 0 Å². The molecular weight excluding hydrogens is 211 g/mol. The SMILES string of the molecule is [CH]1C2=C(CCCC2)C2=C1CCCC2.[Mn].